The predicted octanol–water partition coefficient (Wildman–Crippen LogP) is 2.26. The molecule has 1 aromatic rings. The van der Waals surface area contributed by atoms with Gasteiger partial charge in [0, 0.05) is 0 Å². The first kappa shape index (κ1) is 14.1. The topological polar surface area (TPSA) is 49.4 Å². The molecule has 0 bridgehead atoms. The molecule has 1 saturated carbocycles. The monoisotopic (exact) mass is 286 g/mol. The molecule has 1 aliphatic heterocycles. The number of hydrogen-bond acceptors (Lipinski definition) is 2. The van der Waals surface area contributed by atoms with E-state index in [0.717, 1.165) is 18.4 Å². The Kier molecular flexibility index (Phi) is 3.70. The summed E-state index contributed by atoms with van der Waals surface area (Å²) >= 11 is 0. The van der Waals surface area contributed by atoms with Gasteiger partial charge in [-0.05, 0) is 37.7 Å². The number of nitrogens with zero attached hydrogens (tertiary/aromatic N) is 1. The lowest BCUT2D eigenvalue weighted by Gasteiger charge is -2.42. The molecule has 112 valence electrons. The maximum absolute atomic E-state index is 12.8. The second kappa shape index (κ2) is 5.51. The SMILES string of the molecule is CCC1C(=O)NC(C2CC2)C(=O)N1C(C)c1ccccc1. The average Bonchev–Trinajstić information content (AvgIpc) is 3.33. The first-order valence-electron chi connectivity index (χ1n) is 7.81. The van der Waals surface area contributed by atoms with Crippen molar-refractivity contribution in [1.82, 2.24) is 10.2 Å². The van der Waals surface area contributed by atoms with Gasteiger partial charge in [0.25, 0.3) is 0 Å². The second-order valence-corrected chi connectivity index (χ2v) is 6.08. The van der Waals surface area contributed by atoms with Crippen LogP contribution in [0.2, 0.25) is 0 Å². The Balaban J connectivity index is 1.91. The van der Waals surface area contributed by atoms with Gasteiger partial charge in [-0.1, -0.05) is 37.3 Å². The van der Waals surface area contributed by atoms with Crippen molar-refractivity contribution in [1.29, 1.82) is 0 Å². The van der Waals surface area contributed by atoms with Crippen LogP contribution in [0.15, 0.2) is 30.3 Å². The molecule has 4 heteroatoms. The summed E-state index contributed by atoms with van der Waals surface area (Å²) < 4.78 is 0. The van der Waals surface area contributed by atoms with Gasteiger partial charge in [-0.15, -0.1) is 0 Å². The van der Waals surface area contributed by atoms with Gasteiger partial charge >= 0.3 is 0 Å². The molecule has 2 aliphatic rings. The quantitative estimate of drug-likeness (QED) is 0.923. The molecule has 1 heterocycles. The molecule has 0 spiro atoms. The van der Waals surface area contributed by atoms with Crippen LogP contribution in [0.3, 0.4) is 0 Å². The van der Waals surface area contributed by atoms with Crippen LogP contribution in [0.1, 0.15) is 44.7 Å². The Hall–Kier alpha value is -1.84. The lowest BCUT2D eigenvalue weighted by Crippen LogP contribution is -2.64. The summed E-state index contributed by atoms with van der Waals surface area (Å²) in [6.07, 6.45) is 2.73. The van der Waals surface area contributed by atoms with Gasteiger partial charge < -0.3 is 10.2 Å². The van der Waals surface area contributed by atoms with Crippen LogP contribution in [0.25, 0.3) is 0 Å². The normalized spacial score (nSPS) is 27.4. The van der Waals surface area contributed by atoms with Gasteiger partial charge in [0.1, 0.15) is 12.1 Å². The van der Waals surface area contributed by atoms with Gasteiger partial charge in [-0.2, -0.15) is 0 Å². The summed E-state index contributed by atoms with van der Waals surface area (Å²) in [7, 11) is 0. The van der Waals surface area contributed by atoms with Gasteiger partial charge in [0.2, 0.25) is 11.8 Å². The molecule has 3 unspecified atom stereocenters. The molecular weight excluding hydrogens is 264 g/mol. The highest BCUT2D eigenvalue weighted by molar-refractivity contribution is 5.97. The van der Waals surface area contributed by atoms with Crippen LogP contribution in [0.5, 0.6) is 0 Å². The Bertz CT molecular complexity index is 539. The summed E-state index contributed by atoms with van der Waals surface area (Å²) in [5.74, 6) is 0.418. The minimum Gasteiger partial charge on any atom is -0.342 e. The maximum Gasteiger partial charge on any atom is 0.246 e. The molecule has 1 saturated heterocycles. The number of carbonyl (C=O) groups is 2. The lowest BCUT2D eigenvalue weighted by molar-refractivity contribution is -0.152. The Morgan fingerprint density at radius 2 is 1.90 bits per heavy atom. The highest BCUT2D eigenvalue weighted by atomic mass is 16.2. The number of carbonyl (C=O) groups excluding carboxylic acids is 2. The van der Waals surface area contributed by atoms with E-state index in [4.69, 9.17) is 0 Å². The zero-order valence-electron chi connectivity index (χ0n) is 12.6. The smallest absolute Gasteiger partial charge is 0.246 e. The molecule has 4 nitrogen and oxygen atoms in total. The summed E-state index contributed by atoms with van der Waals surface area (Å²) in [6.45, 7) is 3.97. The molecule has 21 heavy (non-hydrogen) atoms. The van der Waals surface area contributed by atoms with Crippen LogP contribution < -0.4 is 5.32 Å². The maximum atomic E-state index is 12.8. The summed E-state index contributed by atoms with van der Waals surface area (Å²) in [5, 5.41) is 2.94. The van der Waals surface area contributed by atoms with E-state index in [1.54, 1.807) is 4.90 Å². The van der Waals surface area contributed by atoms with Crippen molar-refractivity contribution in [2.45, 2.75) is 51.2 Å². The minimum absolute atomic E-state index is 0.00298. The zero-order chi connectivity index (χ0) is 15.0. The van der Waals surface area contributed by atoms with Crippen molar-refractivity contribution in [2.75, 3.05) is 0 Å². The van der Waals surface area contributed by atoms with Gasteiger partial charge in [-0.3, -0.25) is 9.59 Å². The van der Waals surface area contributed by atoms with Crippen molar-refractivity contribution in [2.24, 2.45) is 5.92 Å². The van der Waals surface area contributed by atoms with E-state index in [2.05, 4.69) is 5.32 Å². The van der Waals surface area contributed by atoms with E-state index in [1.165, 1.54) is 0 Å². The Morgan fingerprint density at radius 1 is 1.24 bits per heavy atom. The van der Waals surface area contributed by atoms with Crippen LogP contribution in [0.4, 0.5) is 0 Å². The lowest BCUT2D eigenvalue weighted by atomic mass is 9.97. The Morgan fingerprint density at radius 3 is 2.48 bits per heavy atom. The van der Waals surface area contributed by atoms with Gasteiger partial charge in [-0.25, -0.2) is 0 Å². The third kappa shape index (κ3) is 2.55. The van der Waals surface area contributed by atoms with Crippen LogP contribution in [-0.2, 0) is 9.59 Å². The number of benzene rings is 1. The summed E-state index contributed by atoms with van der Waals surface area (Å²) in [4.78, 5) is 27.0. The first-order valence-corrected chi connectivity index (χ1v) is 7.81. The van der Waals surface area contributed by atoms with Crippen LogP contribution in [0, 0.1) is 5.92 Å². The second-order valence-electron chi connectivity index (χ2n) is 6.08. The van der Waals surface area contributed by atoms with Crippen molar-refractivity contribution in [3.05, 3.63) is 35.9 Å². The van der Waals surface area contributed by atoms with E-state index in [-0.39, 0.29) is 29.9 Å². The molecule has 3 atom stereocenters. The van der Waals surface area contributed by atoms with E-state index in [1.807, 2.05) is 44.2 Å². The third-order valence-corrected chi connectivity index (χ3v) is 4.64. The van der Waals surface area contributed by atoms with Crippen LogP contribution >= 0.6 is 0 Å². The van der Waals surface area contributed by atoms with Crippen molar-refractivity contribution < 1.29 is 9.59 Å². The molecule has 0 aromatic heterocycles. The number of nitrogens with one attached hydrogen (secondary N) is 1. The molecule has 2 amide bonds. The largest absolute Gasteiger partial charge is 0.342 e. The third-order valence-electron chi connectivity index (χ3n) is 4.64. The highest BCUT2D eigenvalue weighted by Gasteiger charge is 2.47. The van der Waals surface area contributed by atoms with Gasteiger partial charge in [0.05, 0.1) is 6.04 Å². The van der Waals surface area contributed by atoms with Crippen molar-refractivity contribution >= 4 is 11.8 Å². The van der Waals surface area contributed by atoms with Crippen LogP contribution in [-0.4, -0.2) is 28.8 Å². The molecule has 1 aromatic carbocycles. The number of piperazine rings is 1. The van der Waals surface area contributed by atoms with E-state index < -0.39 is 0 Å². The fraction of sp³-hybridized carbons (Fsp3) is 0.529. The summed E-state index contributed by atoms with van der Waals surface area (Å²) in [5.41, 5.74) is 1.08. The molecule has 2 fully saturated rings. The predicted molar refractivity (Wildman–Crippen MR) is 80.4 cm³/mol. The zero-order valence-corrected chi connectivity index (χ0v) is 12.6. The minimum atomic E-state index is -0.359. The molecule has 1 aliphatic carbocycles. The fourth-order valence-electron chi connectivity index (χ4n) is 3.24. The van der Waals surface area contributed by atoms with Crippen molar-refractivity contribution in [3.63, 3.8) is 0 Å². The Labute approximate surface area is 125 Å². The number of hydrogen-bond donors (Lipinski definition) is 1. The van der Waals surface area contributed by atoms with E-state index in [9.17, 15) is 9.59 Å². The average molecular weight is 286 g/mol. The summed E-state index contributed by atoms with van der Waals surface area (Å²) in [6, 6.07) is 9.20. The van der Waals surface area contributed by atoms with Gasteiger partial charge in [0.15, 0.2) is 0 Å². The van der Waals surface area contributed by atoms with E-state index >= 15 is 0 Å². The van der Waals surface area contributed by atoms with Crippen molar-refractivity contribution in [3.8, 4) is 0 Å². The molecular formula is C17H22N2O2. The highest BCUT2D eigenvalue weighted by Crippen LogP contribution is 2.37. The standard InChI is InChI=1S/C17H22N2O2/c1-3-14-16(20)18-15(13-9-10-13)17(21)19(14)11(2)12-7-5-4-6-8-12/h4-8,11,13-15H,3,9-10H2,1-2H3,(H,18,20). The number of rotatable bonds is 4. The molecule has 3 rings (SSSR count). The first-order chi connectivity index (χ1) is 10.1. The van der Waals surface area contributed by atoms with E-state index in [0.29, 0.717) is 12.3 Å². The molecule has 0 radical (unpaired) electrons. The fourth-order valence-corrected chi connectivity index (χ4v) is 3.24. The number of amides is 2. The molecule has 1 N–H and O–H groups in total.